The van der Waals surface area contributed by atoms with Crippen molar-refractivity contribution < 1.29 is 4.79 Å². The quantitative estimate of drug-likeness (QED) is 0.659. The van der Waals surface area contributed by atoms with E-state index in [2.05, 4.69) is 29.7 Å². The first-order chi connectivity index (χ1) is 7.77. The van der Waals surface area contributed by atoms with Gasteiger partial charge >= 0.3 is 0 Å². The summed E-state index contributed by atoms with van der Waals surface area (Å²) in [5.74, 6) is 0.342. The van der Waals surface area contributed by atoms with Gasteiger partial charge in [0.15, 0.2) is 5.78 Å². The summed E-state index contributed by atoms with van der Waals surface area (Å²) in [6.45, 7) is 2.13. The molecule has 2 aliphatic rings. The van der Waals surface area contributed by atoms with Crippen molar-refractivity contribution in [3.63, 3.8) is 0 Å². The van der Waals surface area contributed by atoms with E-state index in [4.69, 9.17) is 0 Å². The molecule has 0 N–H and O–H groups in total. The highest BCUT2D eigenvalue weighted by Crippen LogP contribution is 2.32. The van der Waals surface area contributed by atoms with E-state index in [1.54, 1.807) is 0 Å². The molecule has 2 aliphatic carbocycles. The number of ketones is 1. The molecule has 84 valence electrons. The minimum atomic E-state index is 0.342. The number of allylic oxidation sites excluding steroid dienone is 2. The molecule has 0 bridgehead atoms. The summed E-state index contributed by atoms with van der Waals surface area (Å²) in [5.41, 5.74) is 3.55. The highest BCUT2D eigenvalue weighted by Gasteiger charge is 2.26. The fourth-order valence-corrected chi connectivity index (χ4v) is 3.07. The molecule has 0 aliphatic heterocycles. The number of carbonyl (C=O) groups is 1. The third-order valence-electron chi connectivity index (χ3n) is 3.80. The van der Waals surface area contributed by atoms with E-state index in [0.29, 0.717) is 11.8 Å². The topological polar surface area (TPSA) is 22.0 Å². The summed E-state index contributed by atoms with van der Waals surface area (Å²) >= 11 is 0. The van der Waals surface area contributed by atoms with E-state index in [-0.39, 0.29) is 0 Å². The number of fused-ring (bicyclic) bond motifs is 1. The molecule has 0 saturated heterocycles. The fourth-order valence-electron chi connectivity index (χ4n) is 3.07. The third-order valence-corrected chi connectivity index (χ3v) is 3.80. The summed E-state index contributed by atoms with van der Waals surface area (Å²) in [4.78, 5) is 11.8. The van der Waals surface area contributed by atoms with E-state index >= 15 is 0 Å². The Morgan fingerprint density at radius 2 is 2.00 bits per heavy atom. The summed E-state index contributed by atoms with van der Waals surface area (Å²) in [5, 5.41) is 0. The first-order valence-corrected chi connectivity index (χ1v) is 6.16. The zero-order chi connectivity index (χ0) is 11.1. The van der Waals surface area contributed by atoms with Gasteiger partial charge in [0.1, 0.15) is 0 Å². The Balaban J connectivity index is 2.07. The van der Waals surface area contributed by atoms with E-state index < -0.39 is 0 Å². The van der Waals surface area contributed by atoms with Gasteiger partial charge in [-0.25, -0.2) is 0 Å². The molecule has 1 aromatic rings. The molecule has 0 unspecified atom stereocenters. The molecular weight excluding hydrogens is 198 g/mol. The Bertz CT molecular complexity index is 459. The molecule has 0 amide bonds. The minimum Gasteiger partial charge on any atom is -0.345 e. The first-order valence-electron chi connectivity index (χ1n) is 6.16. The van der Waals surface area contributed by atoms with Crippen LogP contribution in [0.15, 0.2) is 18.2 Å². The predicted molar refractivity (Wildman–Crippen MR) is 63.8 cm³/mol. The van der Waals surface area contributed by atoms with Gasteiger partial charge in [-0.1, -0.05) is 12.2 Å². The molecule has 3 rings (SSSR count). The summed E-state index contributed by atoms with van der Waals surface area (Å²) in [6.07, 6.45) is 9.58. The standard InChI is InChI=1S/C14H17NO/c1-10-9-12-13(7-4-8-14(12)16)15(10)11-5-2-3-6-11/h2-3,9,11H,4-8H2,1H3. The minimum absolute atomic E-state index is 0.342. The van der Waals surface area contributed by atoms with E-state index in [9.17, 15) is 4.79 Å². The molecule has 16 heavy (non-hydrogen) atoms. The number of Topliss-reactive ketones (excluding diaryl/α,β-unsaturated/α-hetero) is 1. The maximum absolute atomic E-state index is 11.8. The zero-order valence-electron chi connectivity index (χ0n) is 9.70. The second-order valence-electron chi connectivity index (χ2n) is 4.89. The van der Waals surface area contributed by atoms with Gasteiger partial charge in [-0.05, 0) is 38.7 Å². The highest BCUT2D eigenvalue weighted by molar-refractivity contribution is 5.98. The van der Waals surface area contributed by atoms with Crippen LogP contribution in [0.5, 0.6) is 0 Å². The van der Waals surface area contributed by atoms with Crippen molar-refractivity contribution >= 4 is 5.78 Å². The zero-order valence-corrected chi connectivity index (χ0v) is 9.70. The number of aromatic nitrogens is 1. The van der Waals surface area contributed by atoms with Gasteiger partial charge in [-0.2, -0.15) is 0 Å². The normalized spacial score (nSPS) is 20.4. The Labute approximate surface area is 96.0 Å². The number of aryl methyl sites for hydroxylation is 1. The maximum Gasteiger partial charge on any atom is 0.164 e. The van der Waals surface area contributed by atoms with Gasteiger partial charge in [0.25, 0.3) is 0 Å². The molecule has 0 saturated carbocycles. The van der Waals surface area contributed by atoms with Crippen LogP contribution in [0.1, 0.15) is 53.5 Å². The van der Waals surface area contributed by atoms with Crippen LogP contribution >= 0.6 is 0 Å². The third kappa shape index (κ3) is 1.36. The lowest BCUT2D eigenvalue weighted by Gasteiger charge is -2.21. The number of rotatable bonds is 1. The monoisotopic (exact) mass is 215 g/mol. The van der Waals surface area contributed by atoms with Gasteiger partial charge in [0.2, 0.25) is 0 Å². The van der Waals surface area contributed by atoms with Crippen LogP contribution < -0.4 is 0 Å². The van der Waals surface area contributed by atoms with Crippen LogP contribution in [0.25, 0.3) is 0 Å². The molecule has 0 atom stereocenters. The number of hydrogen-bond acceptors (Lipinski definition) is 1. The molecule has 0 radical (unpaired) electrons. The smallest absolute Gasteiger partial charge is 0.164 e. The SMILES string of the molecule is Cc1cc2c(n1C1CC=CC1)CCCC2=O. The van der Waals surface area contributed by atoms with Crippen LogP contribution in [-0.2, 0) is 6.42 Å². The summed E-state index contributed by atoms with van der Waals surface area (Å²) < 4.78 is 2.41. The van der Waals surface area contributed by atoms with Crippen molar-refractivity contribution in [3.05, 3.63) is 35.2 Å². The Kier molecular flexibility index (Phi) is 2.23. The molecule has 1 aromatic heterocycles. The lowest BCUT2D eigenvalue weighted by Crippen LogP contribution is -2.16. The van der Waals surface area contributed by atoms with Crippen molar-refractivity contribution in [2.24, 2.45) is 0 Å². The van der Waals surface area contributed by atoms with E-state index in [0.717, 1.165) is 37.7 Å². The average Bonchev–Trinajstić information content (AvgIpc) is 2.85. The molecule has 0 aromatic carbocycles. The van der Waals surface area contributed by atoms with Gasteiger partial charge in [-0.3, -0.25) is 4.79 Å². The van der Waals surface area contributed by atoms with Gasteiger partial charge in [-0.15, -0.1) is 0 Å². The maximum atomic E-state index is 11.8. The molecule has 0 fully saturated rings. The average molecular weight is 215 g/mol. The predicted octanol–water partition coefficient (Wildman–Crippen LogP) is 3.21. The molecule has 2 heteroatoms. The highest BCUT2D eigenvalue weighted by atomic mass is 16.1. The number of carbonyl (C=O) groups excluding carboxylic acids is 1. The van der Waals surface area contributed by atoms with Crippen molar-refractivity contribution in [1.82, 2.24) is 4.57 Å². The lowest BCUT2D eigenvalue weighted by atomic mass is 9.96. The van der Waals surface area contributed by atoms with Crippen molar-refractivity contribution in [2.75, 3.05) is 0 Å². The van der Waals surface area contributed by atoms with Gasteiger partial charge < -0.3 is 4.57 Å². The second kappa shape index (κ2) is 3.62. The number of nitrogens with zero attached hydrogens (tertiary/aromatic N) is 1. The van der Waals surface area contributed by atoms with Gasteiger partial charge in [0, 0.05) is 29.4 Å². The molecule has 2 nitrogen and oxygen atoms in total. The van der Waals surface area contributed by atoms with Crippen LogP contribution in [0, 0.1) is 6.92 Å². The molecule has 0 spiro atoms. The van der Waals surface area contributed by atoms with Crippen molar-refractivity contribution in [2.45, 2.75) is 45.1 Å². The second-order valence-corrected chi connectivity index (χ2v) is 4.89. The Hall–Kier alpha value is -1.31. The van der Waals surface area contributed by atoms with Crippen molar-refractivity contribution in [3.8, 4) is 0 Å². The number of hydrogen-bond donors (Lipinski definition) is 0. The van der Waals surface area contributed by atoms with E-state index in [1.807, 2.05) is 0 Å². The summed E-state index contributed by atoms with van der Waals surface area (Å²) in [7, 11) is 0. The van der Waals surface area contributed by atoms with Gasteiger partial charge in [0.05, 0.1) is 0 Å². The van der Waals surface area contributed by atoms with Crippen LogP contribution in [-0.4, -0.2) is 10.4 Å². The largest absolute Gasteiger partial charge is 0.345 e. The van der Waals surface area contributed by atoms with Crippen LogP contribution in [0.2, 0.25) is 0 Å². The molecular formula is C14H17NO. The lowest BCUT2D eigenvalue weighted by molar-refractivity contribution is 0.0971. The Morgan fingerprint density at radius 3 is 2.75 bits per heavy atom. The Morgan fingerprint density at radius 1 is 1.25 bits per heavy atom. The van der Waals surface area contributed by atoms with Crippen LogP contribution in [0.4, 0.5) is 0 Å². The van der Waals surface area contributed by atoms with Crippen LogP contribution in [0.3, 0.4) is 0 Å². The van der Waals surface area contributed by atoms with Crippen molar-refractivity contribution in [1.29, 1.82) is 0 Å². The van der Waals surface area contributed by atoms with E-state index in [1.165, 1.54) is 11.4 Å². The first kappa shape index (κ1) is 9.88. The summed E-state index contributed by atoms with van der Waals surface area (Å²) in [6, 6.07) is 2.66. The fraction of sp³-hybridized carbons (Fsp3) is 0.500. The molecule has 1 heterocycles.